The summed E-state index contributed by atoms with van der Waals surface area (Å²) in [5.74, 6) is 0.144. The summed E-state index contributed by atoms with van der Waals surface area (Å²) in [6.07, 6.45) is 0.168. The number of hydrogen-bond acceptors (Lipinski definition) is 6. The minimum atomic E-state index is -0.402. The Morgan fingerprint density at radius 3 is 2.69 bits per heavy atom. The van der Waals surface area contributed by atoms with Crippen molar-refractivity contribution in [1.29, 1.82) is 0 Å². The fraction of sp³-hybridized carbons (Fsp3) is 0.263. The number of aromatic nitrogens is 3. The van der Waals surface area contributed by atoms with Gasteiger partial charge in [0, 0.05) is 24.5 Å². The molecule has 152 valence electrons. The molecular weight excluding hydrogens is 430 g/mol. The number of benzene rings is 1. The lowest BCUT2D eigenvalue weighted by molar-refractivity contribution is -0.120. The molecule has 0 fully saturated rings. The summed E-state index contributed by atoms with van der Waals surface area (Å²) >= 11 is 8.71. The average Bonchev–Trinajstić information content (AvgIpc) is 3.35. The number of thiophene rings is 1. The van der Waals surface area contributed by atoms with Gasteiger partial charge in [-0.25, -0.2) is 0 Å². The van der Waals surface area contributed by atoms with Gasteiger partial charge in [0.25, 0.3) is 0 Å². The topological polar surface area (TPSA) is 103 Å². The van der Waals surface area contributed by atoms with Crippen molar-refractivity contribution < 1.29 is 9.59 Å². The Bertz CT molecular complexity index is 973. The van der Waals surface area contributed by atoms with Crippen molar-refractivity contribution in [3.63, 3.8) is 0 Å². The summed E-state index contributed by atoms with van der Waals surface area (Å²) < 4.78 is 1.84. The molecule has 2 heterocycles. The lowest BCUT2D eigenvalue weighted by Crippen LogP contribution is -2.30. The van der Waals surface area contributed by atoms with Crippen molar-refractivity contribution in [2.24, 2.45) is 5.73 Å². The monoisotopic (exact) mass is 449 g/mol. The highest BCUT2D eigenvalue weighted by Crippen LogP contribution is 2.29. The van der Waals surface area contributed by atoms with E-state index < -0.39 is 11.2 Å². The summed E-state index contributed by atoms with van der Waals surface area (Å²) in [5.41, 5.74) is 6.27. The number of nitrogens with one attached hydrogen (secondary N) is 1. The highest BCUT2D eigenvalue weighted by Gasteiger charge is 2.21. The predicted molar refractivity (Wildman–Crippen MR) is 116 cm³/mol. The van der Waals surface area contributed by atoms with Crippen LogP contribution in [0.4, 0.5) is 0 Å². The molecule has 3 aromatic rings. The van der Waals surface area contributed by atoms with Crippen LogP contribution in [0.5, 0.6) is 0 Å². The van der Waals surface area contributed by atoms with Crippen LogP contribution >= 0.6 is 34.7 Å². The number of amides is 2. The van der Waals surface area contributed by atoms with Gasteiger partial charge in [-0.3, -0.25) is 9.59 Å². The van der Waals surface area contributed by atoms with Gasteiger partial charge in [-0.2, -0.15) is 0 Å². The van der Waals surface area contributed by atoms with Crippen LogP contribution in [-0.4, -0.2) is 31.8 Å². The highest BCUT2D eigenvalue weighted by atomic mass is 35.5. The first-order valence-corrected chi connectivity index (χ1v) is 11.0. The molecule has 0 saturated heterocycles. The second-order valence-corrected chi connectivity index (χ2v) is 8.95. The van der Waals surface area contributed by atoms with Crippen molar-refractivity contribution >= 4 is 46.5 Å². The zero-order valence-electron chi connectivity index (χ0n) is 15.7. The lowest BCUT2D eigenvalue weighted by Gasteiger charge is -2.13. The Hall–Kier alpha value is -2.36. The van der Waals surface area contributed by atoms with E-state index in [4.69, 9.17) is 17.3 Å². The smallest absolute Gasteiger partial charge is 0.233 e. The fourth-order valence-corrected chi connectivity index (χ4v) is 4.28. The number of nitrogens with zero attached hydrogens (tertiary/aromatic N) is 3. The maximum Gasteiger partial charge on any atom is 0.233 e. The summed E-state index contributed by atoms with van der Waals surface area (Å²) in [4.78, 5) is 24.7. The van der Waals surface area contributed by atoms with Crippen LogP contribution in [0.1, 0.15) is 18.9 Å². The standard InChI is InChI=1S/C19H20ClN5O2S2/c1-12(18(27)22-11-13-4-6-14(20)7-5-13)29-19-24-23-17(15-3-2-10-28-15)25(19)9-8-16(21)26/h2-7,10,12H,8-9,11H2,1H3,(H2,21,26)(H,22,27). The Balaban J connectivity index is 1.68. The largest absolute Gasteiger partial charge is 0.370 e. The second kappa shape index (κ2) is 9.91. The third kappa shape index (κ3) is 5.81. The third-order valence-electron chi connectivity index (χ3n) is 4.07. The van der Waals surface area contributed by atoms with Crippen molar-refractivity contribution in [3.05, 3.63) is 52.4 Å². The third-order valence-corrected chi connectivity index (χ3v) is 6.27. The van der Waals surface area contributed by atoms with E-state index in [9.17, 15) is 9.59 Å². The Morgan fingerprint density at radius 2 is 2.03 bits per heavy atom. The maximum atomic E-state index is 12.5. The van der Waals surface area contributed by atoms with E-state index in [0.29, 0.717) is 29.1 Å². The van der Waals surface area contributed by atoms with Gasteiger partial charge < -0.3 is 15.6 Å². The summed E-state index contributed by atoms with van der Waals surface area (Å²) in [6, 6.07) is 11.2. The van der Waals surface area contributed by atoms with Crippen LogP contribution in [0.15, 0.2) is 46.9 Å². The number of hydrogen-bond donors (Lipinski definition) is 2. The number of carbonyl (C=O) groups is 2. The molecule has 3 rings (SSSR count). The number of thioether (sulfide) groups is 1. The van der Waals surface area contributed by atoms with E-state index in [-0.39, 0.29) is 12.3 Å². The van der Waals surface area contributed by atoms with Crippen LogP contribution in [0, 0.1) is 0 Å². The van der Waals surface area contributed by atoms with Crippen LogP contribution in [-0.2, 0) is 22.7 Å². The number of primary amides is 1. The van der Waals surface area contributed by atoms with Gasteiger partial charge in [0.1, 0.15) is 0 Å². The molecule has 0 bridgehead atoms. The first kappa shape index (κ1) is 21.4. The van der Waals surface area contributed by atoms with Gasteiger partial charge in [0.2, 0.25) is 11.8 Å². The number of rotatable bonds is 9. The van der Waals surface area contributed by atoms with Crippen molar-refractivity contribution in [2.45, 2.75) is 36.8 Å². The minimum absolute atomic E-state index is 0.118. The normalized spacial score (nSPS) is 11.9. The molecule has 0 aliphatic carbocycles. The number of carbonyl (C=O) groups excluding carboxylic acids is 2. The zero-order chi connectivity index (χ0) is 20.8. The summed E-state index contributed by atoms with van der Waals surface area (Å²) in [6.45, 7) is 2.58. The molecule has 2 amide bonds. The van der Waals surface area contributed by atoms with Gasteiger partial charge in [-0.05, 0) is 36.1 Å². The van der Waals surface area contributed by atoms with E-state index in [1.165, 1.54) is 23.1 Å². The van der Waals surface area contributed by atoms with Gasteiger partial charge >= 0.3 is 0 Å². The first-order chi connectivity index (χ1) is 13.9. The molecule has 0 aliphatic rings. The molecule has 0 aliphatic heterocycles. The summed E-state index contributed by atoms with van der Waals surface area (Å²) in [7, 11) is 0. The first-order valence-electron chi connectivity index (χ1n) is 8.88. The van der Waals surface area contributed by atoms with E-state index in [1.54, 1.807) is 19.1 Å². The molecule has 2 aromatic heterocycles. The fourth-order valence-electron chi connectivity index (χ4n) is 2.53. The highest BCUT2D eigenvalue weighted by molar-refractivity contribution is 8.00. The van der Waals surface area contributed by atoms with Gasteiger partial charge in [-0.1, -0.05) is 41.6 Å². The Kier molecular flexibility index (Phi) is 7.29. The molecule has 3 N–H and O–H groups in total. The van der Waals surface area contributed by atoms with Crippen LogP contribution in [0.3, 0.4) is 0 Å². The zero-order valence-corrected chi connectivity index (χ0v) is 18.1. The summed E-state index contributed by atoms with van der Waals surface area (Å²) in [5, 5.41) is 14.2. The van der Waals surface area contributed by atoms with Crippen molar-refractivity contribution in [3.8, 4) is 10.7 Å². The Morgan fingerprint density at radius 1 is 1.28 bits per heavy atom. The molecule has 1 unspecified atom stereocenters. The van der Waals surface area contributed by atoms with E-state index >= 15 is 0 Å². The Labute approximate surface area is 181 Å². The average molecular weight is 450 g/mol. The molecule has 0 radical (unpaired) electrons. The van der Waals surface area contributed by atoms with E-state index in [2.05, 4.69) is 15.5 Å². The predicted octanol–water partition coefficient (Wildman–Crippen LogP) is 3.33. The van der Waals surface area contributed by atoms with Gasteiger partial charge in [0.05, 0.1) is 10.1 Å². The molecule has 10 heteroatoms. The molecule has 1 aromatic carbocycles. The molecule has 7 nitrogen and oxygen atoms in total. The number of nitrogens with two attached hydrogens (primary N) is 1. The van der Waals surface area contributed by atoms with Gasteiger partial charge in [-0.15, -0.1) is 21.5 Å². The quantitative estimate of drug-likeness (QED) is 0.488. The molecule has 1 atom stereocenters. The lowest BCUT2D eigenvalue weighted by atomic mass is 10.2. The van der Waals surface area contributed by atoms with E-state index in [1.807, 2.05) is 34.2 Å². The van der Waals surface area contributed by atoms with Crippen LogP contribution in [0.2, 0.25) is 5.02 Å². The van der Waals surface area contributed by atoms with Crippen LogP contribution in [0.25, 0.3) is 10.7 Å². The molecular formula is C19H20ClN5O2S2. The second-order valence-electron chi connectivity index (χ2n) is 6.26. The SMILES string of the molecule is CC(Sc1nnc(-c2cccs2)n1CCC(N)=O)C(=O)NCc1ccc(Cl)cc1. The van der Waals surface area contributed by atoms with Crippen LogP contribution < -0.4 is 11.1 Å². The minimum Gasteiger partial charge on any atom is -0.370 e. The molecule has 0 saturated carbocycles. The number of halogens is 1. The van der Waals surface area contributed by atoms with E-state index in [0.717, 1.165) is 10.4 Å². The van der Waals surface area contributed by atoms with Crippen molar-refractivity contribution in [2.75, 3.05) is 0 Å². The maximum absolute atomic E-state index is 12.5. The molecule has 0 spiro atoms. The van der Waals surface area contributed by atoms with Crippen molar-refractivity contribution in [1.82, 2.24) is 20.1 Å². The molecule has 29 heavy (non-hydrogen) atoms. The van der Waals surface area contributed by atoms with Gasteiger partial charge in [0.15, 0.2) is 11.0 Å².